The van der Waals surface area contributed by atoms with E-state index in [1.807, 2.05) is 6.07 Å². The highest BCUT2D eigenvalue weighted by Gasteiger charge is 2.21. The van der Waals surface area contributed by atoms with Crippen LogP contribution in [0.25, 0.3) is 0 Å². The Bertz CT molecular complexity index is 409. The van der Waals surface area contributed by atoms with Crippen molar-refractivity contribution in [3.63, 3.8) is 0 Å². The summed E-state index contributed by atoms with van der Waals surface area (Å²) in [4.78, 5) is 0.526. The van der Waals surface area contributed by atoms with Crippen LogP contribution in [0, 0.1) is 5.41 Å². The molecule has 1 atom stereocenters. The topological polar surface area (TPSA) is 18.5 Å². The van der Waals surface area contributed by atoms with Gasteiger partial charge in [0.1, 0.15) is 13.2 Å². The summed E-state index contributed by atoms with van der Waals surface area (Å²) in [6.45, 7) is 8.09. The maximum absolute atomic E-state index is 5.60. The van der Waals surface area contributed by atoms with Crippen LogP contribution < -0.4 is 9.47 Å². The van der Waals surface area contributed by atoms with Crippen LogP contribution in [-0.4, -0.2) is 18.0 Å². The maximum atomic E-state index is 5.60. The predicted molar refractivity (Wildman–Crippen MR) is 77.9 cm³/mol. The molecule has 0 amide bonds. The molecule has 0 aliphatic carbocycles. The zero-order valence-corrected chi connectivity index (χ0v) is 12.9. The molecular weight excluding hydrogens is 292 g/mol. The van der Waals surface area contributed by atoms with E-state index in [2.05, 4.69) is 48.8 Å². The van der Waals surface area contributed by atoms with Gasteiger partial charge in [0.05, 0.1) is 0 Å². The molecule has 1 aromatic carbocycles. The van der Waals surface area contributed by atoms with Gasteiger partial charge in [-0.15, -0.1) is 0 Å². The van der Waals surface area contributed by atoms with Crippen LogP contribution >= 0.6 is 15.9 Å². The van der Waals surface area contributed by atoms with Crippen molar-refractivity contribution in [1.29, 1.82) is 0 Å². The van der Waals surface area contributed by atoms with E-state index >= 15 is 0 Å². The van der Waals surface area contributed by atoms with Gasteiger partial charge in [0.15, 0.2) is 11.5 Å². The summed E-state index contributed by atoms with van der Waals surface area (Å²) in [7, 11) is 0. The Hall–Kier alpha value is -0.700. The lowest BCUT2D eigenvalue weighted by atomic mass is 9.89. The van der Waals surface area contributed by atoms with Crippen molar-refractivity contribution in [2.45, 2.75) is 38.4 Å². The van der Waals surface area contributed by atoms with Crippen LogP contribution in [0.4, 0.5) is 0 Å². The van der Waals surface area contributed by atoms with Crippen molar-refractivity contribution in [3.8, 4) is 11.5 Å². The minimum atomic E-state index is 0.299. The molecule has 1 unspecified atom stereocenters. The lowest BCUT2D eigenvalue weighted by Crippen LogP contribution is -2.20. The average Bonchev–Trinajstić information content (AvgIpc) is 2.34. The Kier molecular flexibility index (Phi) is 4.21. The number of benzene rings is 1. The molecule has 1 aliphatic heterocycles. The Morgan fingerprint density at radius 1 is 1.17 bits per heavy atom. The van der Waals surface area contributed by atoms with Crippen LogP contribution in [-0.2, 0) is 6.42 Å². The van der Waals surface area contributed by atoms with E-state index in [4.69, 9.17) is 9.47 Å². The van der Waals surface area contributed by atoms with Gasteiger partial charge in [-0.05, 0) is 36.0 Å². The van der Waals surface area contributed by atoms with E-state index in [-0.39, 0.29) is 0 Å². The third-order valence-corrected chi connectivity index (χ3v) is 5.06. The fraction of sp³-hybridized carbons (Fsp3) is 0.600. The van der Waals surface area contributed by atoms with Crippen molar-refractivity contribution in [1.82, 2.24) is 0 Å². The van der Waals surface area contributed by atoms with Crippen molar-refractivity contribution in [2.24, 2.45) is 5.41 Å². The van der Waals surface area contributed by atoms with Gasteiger partial charge in [-0.1, -0.05) is 42.8 Å². The second-order valence-corrected chi connectivity index (χ2v) is 6.96. The summed E-state index contributed by atoms with van der Waals surface area (Å²) in [6, 6.07) is 6.26. The fourth-order valence-electron chi connectivity index (χ4n) is 1.97. The van der Waals surface area contributed by atoms with Crippen LogP contribution in [0.15, 0.2) is 18.2 Å². The minimum Gasteiger partial charge on any atom is -0.486 e. The van der Waals surface area contributed by atoms with E-state index in [0.717, 1.165) is 24.3 Å². The lowest BCUT2D eigenvalue weighted by Gasteiger charge is -2.25. The van der Waals surface area contributed by atoms with Crippen molar-refractivity contribution in [3.05, 3.63) is 23.8 Å². The zero-order chi connectivity index (χ0) is 13.2. The molecule has 1 aliphatic rings. The highest BCUT2D eigenvalue weighted by Crippen LogP contribution is 2.33. The van der Waals surface area contributed by atoms with Crippen LogP contribution in [0.1, 0.15) is 32.8 Å². The van der Waals surface area contributed by atoms with Gasteiger partial charge < -0.3 is 9.47 Å². The standard InChI is InChI=1S/C15H21BrO2/c1-15(2,3)14(16)7-5-11-4-6-12-13(10-11)18-9-8-17-12/h4,6,10,14H,5,7-9H2,1-3H3. The second-order valence-electron chi connectivity index (χ2n) is 5.85. The van der Waals surface area contributed by atoms with Gasteiger partial charge in [0, 0.05) is 4.83 Å². The van der Waals surface area contributed by atoms with Crippen molar-refractivity contribution >= 4 is 15.9 Å². The zero-order valence-electron chi connectivity index (χ0n) is 11.3. The third-order valence-electron chi connectivity index (χ3n) is 3.23. The number of aryl methyl sites for hydroxylation is 1. The highest BCUT2D eigenvalue weighted by atomic mass is 79.9. The number of halogens is 1. The molecule has 0 N–H and O–H groups in total. The second kappa shape index (κ2) is 5.52. The van der Waals surface area contributed by atoms with Crippen molar-refractivity contribution in [2.75, 3.05) is 13.2 Å². The van der Waals surface area contributed by atoms with Gasteiger partial charge in [0.2, 0.25) is 0 Å². The van der Waals surface area contributed by atoms with E-state index in [1.54, 1.807) is 0 Å². The largest absolute Gasteiger partial charge is 0.486 e. The van der Waals surface area contributed by atoms with Gasteiger partial charge in [-0.2, -0.15) is 0 Å². The molecule has 18 heavy (non-hydrogen) atoms. The van der Waals surface area contributed by atoms with Gasteiger partial charge in [-0.3, -0.25) is 0 Å². The Balaban J connectivity index is 1.98. The molecular formula is C15H21BrO2. The number of alkyl halides is 1. The monoisotopic (exact) mass is 312 g/mol. The minimum absolute atomic E-state index is 0.299. The number of rotatable bonds is 3. The number of fused-ring (bicyclic) bond motifs is 1. The molecule has 0 spiro atoms. The number of hydrogen-bond acceptors (Lipinski definition) is 2. The first-order valence-corrected chi connectivity index (χ1v) is 7.41. The first-order chi connectivity index (χ1) is 8.47. The summed E-state index contributed by atoms with van der Waals surface area (Å²) in [6.07, 6.45) is 2.19. The molecule has 3 heteroatoms. The molecule has 1 aromatic rings. The summed E-state index contributed by atoms with van der Waals surface area (Å²) in [5.41, 5.74) is 1.61. The summed E-state index contributed by atoms with van der Waals surface area (Å²) in [5.74, 6) is 1.76. The Labute approximate surface area is 118 Å². The van der Waals surface area contributed by atoms with Crippen LogP contribution in [0.3, 0.4) is 0 Å². The molecule has 0 bridgehead atoms. The molecule has 0 saturated carbocycles. The molecule has 0 fully saturated rings. The Morgan fingerprint density at radius 2 is 1.83 bits per heavy atom. The summed E-state index contributed by atoms with van der Waals surface area (Å²) in [5, 5.41) is 0. The van der Waals surface area contributed by atoms with E-state index in [0.29, 0.717) is 23.5 Å². The third kappa shape index (κ3) is 3.41. The molecule has 0 radical (unpaired) electrons. The van der Waals surface area contributed by atoms with Crippen LogP contribution in [0.2, 0.25) is 0 Å². The van der Waals surface area contributed by atoms with E-state index in [1.165, 1.54) is 5.56 Å². The molecule has 0 aromatic heterocycles. The predicted octanol–water partition coefficient (Wildman–Crippen LogP) is 4.20. The van der Waals surface area contributed by atoms with Gasteiger partial charge in [-0.25, -0.2) is 0 Å². The van der Waals surface area contributed by atoms with E-state index in [9.17, 15) is 0 Å². The average molecular weight is 313 g/mol. The van der Waals surface area contributed by atoms with Gasteiger partial charge >= 0.3 is 0 Å². The molecule has 0 saturated heterocycles. The van der Waals surface area contributed by atoms with E-state index < -0.39 is 0 Å². The molecule has 1 heterocycles. The first kappa shape index (κ1) is 13.7. The Morgan fingerprint density at radius 3 is 2.50 bits per heavy atom. The summed E-state index contributed by atoms with van der Waals surface area (Å²) >= 11 is 3.77. The number of ether oxygens (including phenoxy) is 2. The SMILES string of the molecule is CC(C)(C)C(Br)CCc1ccc2c(c1)OCCO2. The lowest BCUT2D eigenvalue weighted by molar-refractivity contribution is 0.171. The van der Waals surface area contributed by atoms with Gasteiger partial charge in [0.25, 0.3) is 0 Å². The smallest absolute Gasteiger partial charge is 0.161 e. The number of hydrogen-bond donors (Lipinski definition) is 0. The fourth-order valence-corrected chi connectivity index (χ4v) is 2.20. The first-order valence-electron chi connectivity index (χ1n) is 6.49. The quantitative estimate of drug-likeness (QED) is 0.779. The highest BCUT2D eigenvalue weighted by molar-refractivity contribution is 9.09. The molecule has 100 valence electrons. The maximum Gasteiger partial charge on any atom is 0.161 e. The normalized spacial score (nSPS) is 16.4. The molecule has 2 nitrogen and oxygen atoms in total. The summed E-state index contributed by atoms with van der Waals surface area (Å²) < 4.78 is 11.1. The van der Waals surface area contributed by atoms with Crippen LogP contribution in [0.5, 0.6) is 11.5 Å². The molecule has 2 rings (SSSR count). The van der Waals surface area contributed by atoms with Crippen molar-refractivity contribution < 1.29 is 9.47 Å².